The van der Waals surface area contributed by atoms with E-state index in [1.807, 2.05) is 56.3 Å². The van der Waals surface area contributed by atoms with Gasteiger partial charge in [0.15, 0.2) is 0 Å². The largest absolute Gasteiger partial charge is 0.383 e. The number of urea groups is 1. The molecule has 0 aliphatic carbocycles. The number of nitrogens with zero attached hydrogens (tertiary/aromatic N) is 4. The number of benzene rings is 2. The lowest BCUT2D eigenvalue weighted by atomic mass is 10.2. The van der Waals surface area contributed by atoms with Crippen molar-refractivity contribution in [1.82, 2.24) is 9.97 Å². The fourth-order valence-corrected chi connectivity index (χ4v) is 3.23. The molecule has 0 saturated heterocycles. The van der Waals surface area contributed by atoms with Gasteiger partial charge in [-0.1, -0.05) is 23.7 Å². The summed E-state index contributed by atoms with van der Waals surface area (Å²) in [5.74, 6) is 0.807. The van der Waals surface area contributed by atoms with Crippen molar-refractivity contribution in [3.05, 3.63) is 65.8 Å². The zero-order valence-corrected chi connectivity index (χ0v) is 19.3. The zero-order valence-electron chi connectivity index (χ0n) is 18.5. The summed E-state index contributed by atoms with van der Waals surface area (Å²) in [5, 5.41) is 6.49. The minimum atomic E-state index is -0.398. The van der Waals surface area contributed by atoms with Gasteiger partial charge < -0.3 is 20.3 Å². The summed E-state index contributed by atoms with van der Waals surface area (Å²) in [5.41, 5.74) is 2.17. The molecule has 0 saturated carbocycles. The maximum Gasteiger partial charge on any atom is 0.332 e. The van der Waals surface area contributed by atoms with Crippen molar-refractivity contribution in [2.75, 3.05) is 48.2 Å². The third-order valence-corrected chi connectivity index (χ3v) is 4.93. The Hall–Kier alpha value is -3.36. The molecular weight excluding hydrogens is 428 g/mol. The summed E-state index contributed by atoms with van der Waals surface area (Å²) in [6, 6.07) is 16.0. The SMILES string of the molecule is COC[C@H](C)Nc1nccc(N(C(=O)Nc2ccccc2Cl)c2ccc(N(C)C)cc2)n1. The second-order valence-electron chi connectivity index (χ2n) is 7.40. The molecule has 0 aliphatic heterocycles. The molecule has 8 nitrogen and oxygen atoms in total. The number of rotatable bonds is 8. The first-order chi connectivity index (χ1) is 15.4. The van der Waals surface area contributed by atoms with Crippen LogP contribution in [0.2, 0.25) is 5.02 Å². The Kier molecular flexibility index (Phi) is 7.86. The maximum absolute atomic E-state index is 13.4. The first-order valence-corrected chi connectivity index (χ1v) is 10.5. The van der Waals surface area contributed by atoms with E-state index in [4.69, 9.17) is 16.3 Å². The number of anilines is 5. The summed E-state index contributed by atoms with van der Waals surface area (Å²) in [4.78, 5) is 25.7. The minimum absolute atomic E-state index is 0.0000248. The molecule has 32 heavy (non-hydrogen) atoms. The number of nitrogens with one attached hydrogen (secondary N) is 2. The van der Waals surface area contributed by atoms with Crippen LogP contribution in [0.4, 0.5) is 33.6 Å². The molecule has 0 radical (unpaired) electrons. The van der Waals surface area contributed by atoms with Crippen molar-refractivity contribution in [2.24, 2.45) is 0 Å². The highest BCUT2D eigenvalue weighted by molar-refractivity contribution is 6.33. The van der Waals surface area contributed by atoms with Gasteiger partial charge in [-0.25, -0.2) is 14.7 Å². The van der Waals surface area contributed by atoms with E-state index < -0.39 is 6.03 Å². The summed E-state index contributed by atoms with van der Waals surface area (Å²) in [6.07, 6.45) is 1.61. The van der Waals surface area contributed by atoms with Gasteiger partial charge in [0, 0.05) is 45.2 Å². The molecule has 0 bridgehead atoms. The molecule has 0 spiro atoms. The number of aromatic nitrogens is 2. The highest BCUT2D eigenvalue weighted by atomic mass is 35.5. The van der Waals surface area contributed by atoms with Crippen molar-refractivity contribution < 1.29 is 9.53 Å². The van der Waals surface area contributed by atoms with Gasteiger partial charge >= 0.3 is 6.03 Å². The van der Waals surface area contributed by atoms with E-state index >= 15 is 0 Å². The summed E-state index contributed by atoms with van der Waals surface area (Å²) in [7, 11) is 5.55. The number of methoxy groups -OCH3 is 1. The van der Waals surface area contributed by atoms with Crippen molar-refractivity contribution in [2.45, 2.75) is 13.0 Å². The molecule has 0 fully saturated rings. The number of para-hydroxylation sites is 1. The van der Waals surface area contributed by atoms with E-state index in [-0.39, 0.29) is 6.04 Å². The second-order valence-corrected chi connectivity index (χ2v) is 7.80. The van der Waals surface area contributed by atoms with Crippen LogP contribution in [0, 0.1) is 0 Å². The van der Waals surface area contributed by atoms with Gasteiger partial charge in [-0.3, -0.25) is 0 Å². The van der Waals surface area contributed by atoms with Crippen molar-refractivity contribution in [1.29, 1.82) is 0 Å². The Morgan fingerprint density at radius 2 is 1.78 bits per heavy atom. The normalized spacial score (nSPS) is 11.5. The molecule has 2 N–H and O–H groups in total. The molecule has 0 unspecified atom stereocenters. The van der Waals surface area contributed by atoms with Crippen molar-refractivity contribution in [3.63, 3.8) is 0 Å². The molecule has 2 aromatic carbocycles. The van der Waals surface area contributed by atoms with E-state index in [2.05, 4.69) is 20.6 Å². The number of ether oxygens (including phenoxy) is 1. The van der Waals surface area contributed by atoms with Crippen LogP contribution < -0.4 is 20.4 Å². The smallest absolute Gasteiger partial charge is 0.332 e. The molecule has 1 aromatic heterocycles. The van der Waals surface area contributed by atoms with Gasteiger partial charge in [-0.2, -0.15) is 4.98 Å². The van der Waals surface area contributed by atoms with Gasteiger partial charge in [0.2, 0.25) is 5.95 Å². The van der Waals surface area contributed by atoms with E-state index in [0.29, 0.717) is 34.8 Å². The highest BCUT2D eigenvalue weighted by Crippen LogP contribution is 2.29. The summed E-state index contributed by atoms with van der Waals surface area (Å²) < 4.78 is 5.16. The summed E-state index contributed by atoms with van der Waals surface area (Å²) >= 11 is 6.25. The average molecular weight is 455 g/mol. The second kappa shape index (κ2) is 10.8. The first kappa shape index (κ1) is 23.3. The predicted molar refractivity (Wildman–Crippen MR) is 130 cm³/mol. The lowest BCUT2D eigenvalue weighted by Gasteiger charge is -2.24. The zero-order chi connectivity index (χ0) is 23.1. The van der Waals surface area contributed by atoms with Crippen LogP contribution in [0.3, 0.4) is 0 Å². The Labute approximate surface area is 193 Å². The quantitative estimate of drug-likeness (QED) is 0.497. The molecule has 3 rings (SSSR count). The number of hydrogen-bond acceptors (Lipinski definition) is 6. The van der Waals surface area contributed by atoms with Gasteiger partial charge in [-0.15, -0.1) is 0 Å². The van der Waals surface area contributed by atoms with Crippen LogP contribution >= 0.6 is 11.6 Å². The van der Waals surface area contributed by atoms with Crippen molar-refractivity contribution >= 4 is 46.5 Å². The molecule has 1 heterocycles. The van der Waals surface area contributed by atoms with Crippen LogP contribution in [0.1, 0.15) is 6.92 Å². The van der Waals surface area contributed by atoms with Crippen molar-refractivity contribution in [3.8, 4) is 0 Å². The molecule has 9 heteroatoms. The van der Waals surface area contributed by atoms with E-state index in [1.54, 1.807) is 37.6 Å². The fraction of sp³-hybridized carbons (Fsp3) is 0.261. The van der Waals surface area contributed by atoms with E-state index in [0.717, 1.165) is 5.69 Å². The Balaban J connectivity index is 1.97. The Morgan fingerprint density at radius 3 is 2.44 bits per heavy atom. The molecular formula is C23H27ClN6O2. The topological polar surface area (TPSA) is 82.6 Å². The van der Waals surface area contributed by atoms with E-state index in [1.165, 1.54) is 4.90 Å². The highest BCUT2D eigenvalue weighted by Gasteiger charge is 2.21. The van der Waals surface area contributed by atoms with Crippen LogP contribution in [-0.4, -0.2) is 49.9 Å². The van der Waals surface area contributed by atoms with Gasteiger partial charge in [0.05, 0.1) is 23.0 Å². The fourth-order valence-electron chi connectivity index (χ4n) is 3.04. The van der Waals surface area contributed by atoms with Gasteiger partial charge in [0.25, 0.3) is 0 Å². The maximum atomic E-state index is 13.4. The molecule has 3 aromatic rings. The Bertz CT molecular complexity index is 1040. The summed E-state index contributed by atoms with van der Waals surface area (Å²) in [6.45, 7) is 2.46. The van der Waals surface area contributed by atoms with Crippen LogP contribution in [0.5, 0.6) is 0 Å². The van der Waals surface area contributed by atoms with E-state index in [9.17, 15) is 4.79 Å². The average Bonchev–Trinajstić information content (AvgIpc) is 2.76. The standard InChI is InChI=1S/C23H27ClN6O2/c1-16(15-32-4)26-22-25-14-13-21(28-22)30(18-11-9-17(10-12-18)29(2)3)23(31)27-20-8-6-5-7-19(20)24/h5-14,16H,15H2,1-4H3,(H,27,31)(H,25,26,28)/t16-/m0/s1. The monoisotopic (exact) mass is 454 g/mol. The molecule has 2 amide bonds. The molecule has 168 valence electrons. The minimum Gasteiger partial charge on any atom is -0.383 e. The van der Waals surface area contributed by atoms with Gasteiger partial charge in [-0.05, 0) is 43.3 Å². The first-order valence-electron chi connectivity index (χ1n) is 10.1. The predicted octanol–water partition coefficient (Wildman–Crippen LogP) is 5.01. The molecule has 1 atom stereocenters. The lowest BCUT2D eigenvalue weighted by Crippen LogP contribution is -2.32. The number of hydrogen-bond donors (Lipinski definition) is 2. The third-order valence-electron chi connectivity index (χ3n) is 4.60. The molecule has 0 aliphatic rings. The Morgan fingerprint density at radius 1 is 1.09 bits per heavy atom. The number of carbonyl (C=O) groups is 1. The van der Waals surface area contributed by atoms with Gasteiger partial charge in [0.1, 0.15) is 5.82 Å². The van der Waals surface area contributed by atoms with Crippen LogP contribution in [-0.2, 0) is 4.74 Å². The number of amides is 2. The third kappa shape index (κ3) is 5.87. The number of carbonyl (C=O) groups excluding carboxylic acids is 1. The van der Waals surface area contributed by atoms with Crippen LogP contribution in [0.15, 0.2) is 60.8 Å². The lowest BCUT2D eigenvalue weighted by molar-refractivity contribution is 0.190. The van der Waals surface area contributed by atoms with Crippen LogP contribution in [0.25, 0.3) is 0 Å². The number of halogens is 1.